The van der Waals surface area contributed by atoms with Crippen LogP contribution in [0.5, 0.6) is 5.75 Å². The average Bonchev–Trinajstić information content (AvgIpc) is 3.32. The molecule has 0 saturated heterocycles. The van der Waals surface area contributed by atoms with E-state index in [9.17, 15) is 4.79 Å². The van der Waals surface area contributed by atoms with Gasteiger partial charge in [-0.3, -0.25) is 4.79 Å². The summed E-state index contributed by atoms with van der Waals surface area (Å²) >= 11 is 0. The first-order chi connectivity index (χ1) is 9.72. The lowest BCUT2D eigenvalue weighted by Crippen LogP contribution is -2.37. The summed E-state index contributed by atoms with van der Waals surface area (Å²) in [6.07, 6.45) is 4.28. The molecule has 1 unspecified atom stereocenters. The van der Waals surface area contributed by atoms with Crippen LogP contribution in [0, 0.1) is 0 Å². The lowest BCUT2D eigenvalue weighted by molar-refractivity contribution is -0.127. The number of benzene rings is 1. The van der Waals surface area contributed by atoms with Gasteiger partial charge in [-0.15, -0.1) is 0 Å². The molecule has 2 aliphatic rings. The van der Waals surface area contributed by atoms with Gasteiger partial charge in [0.15, 0.2) is 6.10 Å². The largest absolute Gasteiger partial charge is 0.481 e. The molecular weight excluding hydrogens is 252 g/mol. The Labute approximate surface area is 119 Å². The quantitative estimate of drug-likeness (QED) is 0.799. The summed E-state index contributed by atoms with van der Waals surface area (Å²) in [5.41, 5.74) is 1.12. The zero-order valence-corrected chi connectivity index (χ0v) is 11.9. The van der Waals surface area contributed by atoms with Crippen molar-refractivity contribution in [1.29, 1.82) is 0 Å². The lowest BCUT2D eigenvalue weighted by Gasteiger charge is -2.17. The van der Waals surface area contributed by atoms with Crippen LogP contribution in [0.2, 0.25) is 0 Å². The zero-order chi connectivity index (χ0) is 13.9. The van der Waals surface area contributed by atoms with E-state index in [-0.39, 0.29) is 5.91 Å². The van der Waals surface area contributed by atoms with Crippen LogP contribution in [0.1, 0.15) is 38.2 Å². The van der Waals surface area contributed by atoms with E-state index in [1.165, 1.54) is 12.8 Å². The number of nitrogens with one attached hydrogen (secondary N) is 2. The maximum absolute atomic E-state index is 11.9. The minimum absolute atomic E-state index is 0.0162. The van der Waals surface area contributed by atoms with Crippen molar-refractivity contribution in [3.05, 3.63) is 29.8 Å². The smallest absolute Gasteiger partial charge is 0.260 e. The SMILES string of the molecule is CC(Oc1ccccc1CNC1CC1)C(=O)NC1CC1. The van der Waals surface area contributed by atoms with Crippen LogP contribution in [-0.4, -0.2) is 24.1 Å². The highest BCUT2D eigenvalue weighted by Crippen LogP contribution is 2.24. The van der Waals surface area contributed by atoms with E-state index in [2.05, 4.69) is 16.7 Å². The Balaban J connectivity index is 1.58. The number of hydrogen-bond donors (Lipinski definition) is 2. The van der Waals surface area contributed by atoms with E-state index < -0.39 is 6.10 Å². The molecule has 0 aromatic heterocycles. The Morgan fingerprint density at radius 2 is 1.95 bits per heavy atom. The number of carbonyl (C=O) groups is 1. The van der Waals surface area contributed by atoms with Gasteiger partial charge in [0.2, 0.25) is 0 Å². The molecule has 0 spiro atoms. The monoisotopic (exact) mass is 274 g/mol. The van der Waals surface area contributed by atoms with Crippen LogP contribution in [0.3, 0.4) is 0 Å². The third-order valence-corrected chi connectivity index (χ3v) is 3.73. The van der Waals surface area contributed by atoms with E-state index in [4.69, 9.17) is 4.74 Å². The number of ether oxygens (including phenoxy) is 1. The molecule has 2 aliphatic carbocycles. The zero-order valence-electron chi connectivity index (χ0n) is 11.9. The Morgan fingerprint density at radius 3 is 2.65 bits per heavy atom. The number of rotatable bonds is 7. The average molecular weight is 274 g/mol. The predicted octanol–water partition coefficient (Wildman–Crippen LogP) is 1.98. The predicted molar refractivity (Wildman–Crippen MR) is 77.6 cm³/mol. The summed E-state index contributed by atoms with van der Waals surface area (Å²) in [7, 11) is 0. The van der Waals surface area contributed by atoms with Gasteiger partial charge in [0, 0.05) is 24.2 Å². The summed E-state index contributed by atoms with van der Waals surface area (Å²) in [5.74, 6) is 0.788. The van der Waals surface area contributed by atoms with Gasteiger partial charge in [0.25, 0.3) is 5.91 Å². The van der Waals surface area contributed by atoms with Crippen LogP contribution < -0.4 is 15.4 Å². The first-order valence-electron chi connectivity index (χ1n) is 7.50. The summed E-state index contributed by atoms with van der Waals surface area (Å²) in [4.78, 5) is 11.9. The van der Waals surface area contributed by atoms with Gasteiger partial charge in [0.05, 0.1) is 0 Å². The lowest BCUT2D eigenvalue weighted by atomic mass is 10.2. The Morgan fingerprint density at radius 1 is 1.25 bits per heavy atom. The van der Waals surface area contributed by atoms with E-state index in [0.717, 1.165) is 30.7 Å². The molecule has 2 saturated carbocycles. The van der Waals surface area contributed by atoms with Gasteiger partial charge in [0.1, 0.15) is 5.75 Å². The molecule has 1 aromatic carbocycles. The Bertz CT molecular complexity index is 481. The summed E-state index contributed by atoms with van der Waals surface area (Å²) in [6, 6.07) is 8.98. The van der Waals surface area contributed by atoms with E-state index >= 15 is 0 Å². The highest BCUT2D eigenvalue weighted by molar-refractivity contribution is 5.81. The molecule has 108 valence electrons. The molecule has 1 aromatic rings. The summed E-state index contributed by atoms with van der Waals surface area (Å²) in [5, 5.41) is 6.45. The molecule has 4 heteroatoms. The molecule has 0 heterocycles. The fraction of sp³-hybridized carbons (Fsp3) is 0.562. The summed E-state index contributed by atoms with van der Waals surface area (Å²) < 4.78 is 5.84. The molecule has 3 rings (SSSR count). The first-order valence-corrected chi connectivity index (χ1v) is 7.50. The summed E-state index contributed by atoms with van der Waals surface area (Å²) in [6.45, 7) is 2.61. The minimum atomic E-state index is -0.447. The number of carbonyl (C=O) groups excluding carboxylic acids is 1. The van der Waals surface area contributed by atoms with E-state index in [1.54, 1.807) is 0 Å². The molecule has 1 amide bonds. The third-order valence-electron chi connectivity index (χ3n) is 3.73. The molecule has 2 fully saturated rings. The molecule has 1 atom stereocenters. The van der Waals surface area contributed by atoms with Gasteiger partial charge in [-0.25, -0.2) is 0 Å². The van der Waals surface area contributed by atoms with Crippen LogP contribution in [0.4, 0.5) is 0 Å². The third kappa shape index (κ3) is 3.73. The highest BCUT2D eigenvalue weighted by Gasteiger charge is 2.26. The van der Waals surface area contributed by atoms with Crippen molar-refractivity contribution in [3.8, 4) is 5.75 Å². The second-order valence-corrected chi connectivity index (χ2v) is 5.81. The Kier molecular flexibility index (Phi) is 3.92. The molecule has 2 N–H and O–H groups in total. The van der Waals surface area contributed by atoms with Crippen molar-refractivity contribution < 1.29 is 9.53 Å². The van der Waals surface area contributed by atoms with Gasteiger partial charge < -0.3 is 15.4 Å². The molecule has 0 aliphatic heterocycles. The van der Waals surface area contributed by atoms with E-state index in [1.807, 2.05) is 25.1 Å². The van der Waals surface area contributed by atoms with Gasteiger partial charge in [-0.05, 0) is 38.7 Å². The number of para-hydroxylation sites is 1. The fourth-order valence-electron chi connectivity index (χ4n) is 2.10. The Hall–Kier alpha value is -1.55. The first kappa shape index (κ1) is 13.4. The molecule has 0 bridgehead atoms. The molecular formula is C16H22N2O2. The molecule has 4 nitrogen and oxygen atoms in total. The van der Waals surface area contributed by atoms with Crippen LogP contribution in [-0.2, 0) is 11.3 Å². The van der Waals surface area contributed by atoms with Crippen LogP contribution >= 0.6 is 0 Å². The van der Waals surface area contributed by atoms with Gasteiger partial charge in [-0.1, -0.05) is 18.2 Å². The van der Waals surface area contributed by atoms with Crippen molar-refractivity contribution >= 4 is 5.91 Å². The maximum Gasteiger partial charge on any atom is 0.260 e. The van der Waals surface area contributed by atoms with Crippen molar-refractivity contribution in [3.63, 3.8) is 0 Å². The van der Waals surface area contributed by atoms with Crippen LogP contribution in [0.25, 0.3) is 0 Å². The maximum atomic E-state index is 11.9. The van der Waals surface area contributed by atoms with Crippen molar-refractivity contribution in [2.24, 2.45) is 0 Å². The standard InChI is InChI=1S/C16H22N2O2/c1-11(16(19)18-14-8-9-14)20-15-5-3-2-4-12(15)10-17-13-6-7-13/h2-5,11,13-14,17H,6-10H2,1H3,(H,18,19). The van der Waals surface area contributed by atoms with Crippen LogP contribution in [0.15, 0.2) is 24.3 Å². The second-order valence-electron chi connectivity index (χ2n) is 5.81. The number of hydrogen-bond acceptors (Lipinski definition) is 3. The molecule has 20 heavy (non-hydrogen) atoms. The molecule has 0 radical (unpaired) electrons. The van der Waals surface area contributed by atoms with Gasteiger partial charge in [-0.2, -0.15) is 0 Å². The highest BCUT2D eigenvalue weighted by atomic mass is 16.5. The van der Waals surface area contributed by atoms with Crippen molar-refractivity contribution in [1.82, 2.24) is 10.6 Å². The topological polar surface area (TPSA) is 50.4 Å². The normalized spacial score (nSPS) is 19.4. The number of amides is 1. The minimum Gasteiger partial charge on any atom is -0.481 e. The second kappa shape index (κ2) is 5.83. The van der Waals surface area contributed by atoms with Crippen molar-refractivity contribution in [2.45, 2.75) is 57.3 Å². The fourth-order valence-corrected chi connectivity index (χ4v) is 2.10. The van der Waals surface area contributed by atoms with E-state index in [0.29, 0.717) is 12.1 Å². The van der Waals surface area contributed by atoms with Crippen molar-refractivity contribution in [2.75, 3.05) is 0 Å². The van der Waals surface area contributed by atoms with Gasteiger partial charge >= 0.3 is 0 Å².